The van der Waals surface area contributed by atoms with Crippen molar-refractivity contribution >= 4 is 27.5 Å². The number of carbonyl (C=O) groups is 1. The molecule has 1 aromatic carbocycles. The fraction of sp³-hybridized carbons (Fsp3) is 0.632. The molecule has 132 valence electrons. The fourth-order valence-electron chi connectivity index (χ4n) is 3.59. The van der Waals surface area contributed by atoms with Crippen molar-refractivity contribution in [1.82, 2.24) is 4.90 Å². The molecule has 1 aromatic rings. The van der Waals surface area contributed by atoms with Gasteiger partial charge in [-0.25, -0.2) is 0 Å². The van der Waals surface area contributed by atoms with E-state index < -0.39 is 0 Å². The van der Waals surface area contributed by atoms with Crippen molar-refractivity contribution < 1.29 is 9.53 Å². The second-order valence-electron chi connectivity index (χ2n) is 6.59. The molecule has 3 nitrogen and oxygen atoms in total. The van der Waals surface area contributed by atoms with Crippen molar-refractivity contribution in [2.45, 2.75) is 56.2 Å². The Morgan fingerprint density at radius 3 is 2.79 bits per heavy atom. The highest BCUT2D eigenvalue weighted by Gasteiger charge is 2.29. The van der Waals surface area contributed by atoms with Gasteiger partial charge in [-0.2, -0.15) is 0 Å². The number of nitrogens with zero attached hydrogens (tertiary/aromatic N) is 1. The highest BCUT2D eigenvalue weighted by Crippen LogP contribution is 2.40. The summed E-state index contributed by atoms with van der Waals surface area (Å²) in [6, 6.07) is 8.44. The summed E-state index contributed by atoms with van der Waals surface area (Å²) < 4.78 is 5.23. The minimum Gasteiger partial charge on any atom is -0.497 e. The predicted molar refractivity (Wildman–Crippen MR) is 104 cm³/mol. The Hall–Kier alpha value is -0.810. The van der Waals surface area contributed by atoms with Crippen molar-refractivity contribution in [1.29, 1.82) is 0 Å². The van der Waals surface area contributed by atoms with Crippen LogP contribution in [0.4, 0.5) is 0 Å². The molecule has 5 heteroatoms. The molecule has 0 radical (unpaired) electrons. The largest absolute Gasteiger partial charge is 0.497 e. The number of amides is 1. The van der Waals surface area contributed by atoms with E-state index in [1.54, 1.807) is 7.11 Å². The molecule has 0 spiro atoms. The maximum absolute atomic E-state index is 12.6. The first kappa shape index (κ1) is 18.0. The number of hydrogen-bond donors (Lipinski definition) is 0. The molecule has 2 saturated heterocycles. The standard InChI is InChI=1S/C19H27NO2S2/c1-22-16-10-8-15(9-11-16)18-6-4-13-20(18)19(21)7-3-2-5-17-12-14-23-24-17/h8-11,17-18H,2-7,12-14H2,1H3. The first-order chi connectivity index (χ1) is 11.8. The Balaban J connectivity index is 1.47. The second-order valence-corrected chi connectivity index (χ2v) is 9.38. The number of hydrogen-bond acceptors (Lipinski definition) is 4. The highest BCUT2D eigenvalue weighted by molar-refractivity contribution is 8.77. The normalized spacial score (nSPS) is 23.6. The SMILES string of the molecule is COc1ccc(C2CCCN2C(=O)CCCCC2CCSS2)cc1. The number of likely N-dealkylation sites (tertiary alicyclic amines) is 1. The molecule has 24 heavy (non-hydrogen) atoms. The van der Waals surface area contributed by atoms with Gasteiger partial charge in [0, 0.05) is 24.0 Å². The van der Waals surface area contributed by atoms with Crippen molar-refractivity contribution in [2.75, 3.05) is 19.4 Å². The van der Waals surface area contributed by atoms with Gasteiger partial charge in [0.1, 0.15) is 5.75 Å². The van der Waals surface area contributed by atoms with Crippen LogP contribution in [0, 0.1) is 0 Å². The molecule has 2 heterocycles. The average molecular weight is 366 g/mol. The summed E-state index contributed by atoms with van der Waals surface area (Å²) in [6.07, 6.45) is 7.72. The van der Waals surface area contributed by atoms with Gasteiger partial charge in [-0.3, -0.25) is 4.79 Å². The molecule has 2 aliphatic heterocycles. The minimum absolute atomic E-state index is 0.255. The van der Waals surface area contributed by atoms with Crippen LogP contribution >= 0.6 is 21.6 Å². The number of ether oxygens (including phenoxy) is 1. The van der Waals surface area contributed by atoms with Crippen molar-refractivity contribution in [3.63, 3.8) is 0 Å². The summed E-state index contributed by atoms with van der Waals surface area (Å²) in [5, 5.41) is 0.823. The van der Waals surface area contributed by atoms with Crippen LogP contribution in [-0.4, -0.2) is 35.5 Å². The van der Waals surface area contributed by atoms with E-state index in [4.69, 9.17) is 4.74 Å². The van der Waals surface area contributed by atoms with Gasteiger partial charge in [0.15, 0.2) is 0 Å². The lowest BCUT2D eigenvalue weighted by Gasteiger charge is -2.25. The van der Waals surface area contributed by atoms with Crippen LogP contribution < -0.4 is 4.74 Å². The number of methoxy groups -OCH3 is 1. The van der Waals surface area contributed by atoms with E-state index in [1.165, 1.54) is 30.6 Å². The number of rotatable bonds is 7. The average Bonchev–Trinajstić information content (AvgIpc) is 3.30. The van der Waals surface area contributed by atoms with Gasteiger partial charge < -0.3 is 9.64 Å². The van der Waals surface area contributed by atoms with Gasteiger partial charge in [-0.15, -0.1) is 0 Å². The zero-order valence-electron chi connectivity index (χ0n) is 14.4. The topological polar surface area (TPSA) is 29.5 Å². The van der Waals surface area contributed by atoms with E-state index in [0.29, 0.717) is 12.3 Å². The van der Waals surface area contributed by atoms with Crippen molar-refractivity contribution in [3.8, 4) is 5.75 Å². The molecule has 0 N–H and O–H groups in total. The van der Waals surface area contributed by atoms with Crippen LogP contribution in [0.15, 0.2) is 24.3 Å². The van der Waals surface area contributed by atoms with Gasteiger partial charge in [-0.1, -0.05) is 40.1 Å². The van der Waals surface area contributed by atoms with E-state index in [-0.39, 0.29) is 6.04 Å². The smallest absolute Gasteiger partial charge is 0.223 e. The molecule has 1 amide bonds. The molecule has 0 aromatic heterocycles. The molecule has 3 rings (SSSR count). The Morgan fingerprint density at radius 1 is 1.25 bits per heavy atom. The van der Waals surface area contributed by atoms with Crippen molar-refractivity contribution in [2.24, 2.45) is 0 Å². The van der Waals surface area contributed by atoms with Crippen LogP contribution in [-0.2, 0) is 4.79 Å². The molecule has 2 unspecified atom stereocenters. The molecular formula is C19H27NO2S2. The summed E-state index contributed by atoms with van der Waals surface area (Å²) in [6.45, 7) is 0.907. The Labute approximate surface area is 153 Å². The first-order valence-corrected chi connectivity index (χ1v) is 11.4. The predicted octanol–water partition coefficient (Wildman–Crippen LogP) is 5.07. The molecule has 0 aliphatic carbocycles. The third-order valence-corrected chi connectivity index (χ3v) is 7.97. The molecule has 0 bridgehead atoms. The highest BCUT2D eigenvalue weighted by atomic mass is 33.1. The zero-order chi connectivity index (χ0) is 16.8. The third-order valence-electron chi connectivity index (χ3n) is 4.97. The molecule has 2 atom stereocenters. The maximum Gasteiger partial charge on any atom is 0.223 e. The lowest BCUT2D eigenvalue weighted by atomic mass is 10.0. The van der Waals surface area contributed by atoms with Gasteiger partial charge in [0.2, 0.25) is 5.91 Å². The van der Waals surface area contributed by atoms with E-state index in [2.05, 4.69) is 17.0 Å². The second kappa shape index (κ2) is 9.04. The lowest BCUT2D eigenvalue weighted by Crippen LogP contribution is -2.30. The van der Waals surface area contributed by atoms with Crippen LogP contribution in [0.1, 0.15) is 56.6 Å². The van der Waals surface area contributed by atoms with E-state index in [9.17, 15) is 4.79 Å². The summed E-state index contributed by atoms with van der Waals surface area (Å²) in [7, 11) is 5.72. The summed E-state index contributed by atoms with van der Waals surface area (Å²) in [4.78, 5) is 14.7. The molecule has 0 saturated carbocycles. The monoisotopic (exact) mass is 365 g/mol. The van der Waals surface area contributed by atoms with Gasteiger partial charge in [0.25, 0.3) is 0 Å². The Bertz CT molecular complexity index is 529. The molecule has 2 aliphatic rings. The van der Waals surface area contributed by atoms with Crippen LogP contribution in [0.5, 0.6) is 5.75 Å². The van der Waals surface area contributed by atoms with Gasteiger partial charge in [0.05, 0.1) is 13.2 Å². The number of carbonyl (C=O) groups excluding carboxylic acids is 1. The summed E-state index contributed by atoms with van der Waals surface area (Å²) in [5.41, 5.74) is 1.24. The lowest BCUT2D eigenvalue weighted by molar-refractivity contribution is -0.132. The van der Waals surface area contributed by atoms with E-state index in [1.807, 2.05) is 33.7 Å². The van der Waals surface area contributed by atoms with E-state index >= 15 is 0 Å². The van der Waals surface area contributed by atoms with Gasteiger partial charge >= 0.3 is 0 Å². The van der Waals surface area contributed by atoms with Crippen LogP contribution in [0.2, 0.25) is 0 Å². The Kier molecular flexibility index (Phi) is 6.78. The van der Waals surface area contributed by atoms with E-state index in [0.717, 1.165) is 36.8 Å². The number of unbranched alkanes of at least 4 members (excludes halogenated alkanes) is 1. The summed E-state index contributed by atoms with van der Waals surface area (Å²) in [5.74, 6) is 2.50. The third kappa shape index (κ3) is 4.63. The Morgan fingerprint density at radius 2 is 2.08 bits per heavy atom. The fourth-order valence-corrected chi connectivity index (χ4v) is 6.62. The summed E-state index contributed by atoms with van der Waals surface area (Å²) >= 11 is 0. The molecular weight excluding hydrogens is 338 g/mol. The zero-order valence-corrected chi connectivity index (χ0v) is 16.0. The van der Waals surface area contributed by atoms with Crippen LogP contribution in [0.3, 0.4) is 0 Å². The maximum atomic E-state index is 12.6. The first-order valence-electron chi connectivity index (χ1n) is 8.99. The van der Waals surface area contributed by atoms with Gasteiger partial charge in [-0.05, 0) is 49.8 Å². The number of benzene rings is 1. The van der Waals surface area contributed by atoms with Crippen molar-refractivity contribution in [3.05, 3.63) is 29.8 Å². The quantitative estimate of drug-likeness (QED) is 0.498. The molecule has 2 fully saturated rings. The van der Waals surface area contributed by atoms with Crippen LogP contribution in [0.25, 0.3) is 0 Å². The minimum atomic E-state index is 0.255.